The van der Waals surface area contributed by atoms with E-state index in [9.17, 15) is 13.6 Å². The molecule has 1 aromatic heterocycles. The summed E-state index contributed by atoms with van der Waals surface area (Å²) in [5.41, 5.74) is 1.92. The van der Waals surface area contributed by atoms with Crippen LogP contribution < -0.4 is 0 Å². The van der Waals surface area contributed by atoms with Crippen LogP contribution in [-0.4, -0.2) is 15.6 Å². The highest BCUT2D eigenvalue weighted by molar-refractivity contribution is 6.01. The molecule has 1 aromatic rings. The highest BCUT2D eigenvalue weighted by Gasteiger charge is 2.16. The Balaban J connectivity index is 3.20. The maximum Gasteiger partial charge on any atom is 0.333 e. The minimum Gasteiger partial charge on any atom is -0.295 e. The number of halogens is 2. The van der Waals surface area contributed by atoms with Gasteiger partial charge in [0.2, 0.25) is 0 Å². The number of nitrogens with zero attached hydrogens (tertiary/aromatic N) is 2. The molecule has 94 valence electrons. The molecule has 1 rings (SSSR count). The van der Waals surface area contributed by atoms with Gasteiger partial charge in [-0.15, -0.1) is 0 Å². The summed E-state index contributed by atoms with van der Waals surface area (Å²) in [6.45, 7) is 4.38. The van der Waals surface area contributed by atoms with Gasteiger partial charge < -0.3 is 0 Å². The Morgan fingerprint density at radius 1 is 1.35 bits per heavy atom. The summed E-state index contributed by atoms with van der Waals surface area (Å²) in [4.78, 5) is 11.5. The van der Waals surface area contributed by atoms with Gasteiger partial charge in [-0.2, -0.15) is 13.9 Å². The second-order valence-electron chi connectivity index (χ2n) is 4.24. The maximum atomic E-state index is 12.4. The molecule has 0 atom stereocenters. The van der Waals surface area contributed by atoms with Crippen LogP contribution in [0.5, 0.6) is 0 Å². The SMILES string of the molecule is CC(=O)/C(=C(\C)c1cnn(C(F)F)c1)C(C)C. The highest BCUT2D eigenvalue weighted by Crippen LogP contribution is 2.25. The molecule has 0 fully saturated rings. The summed E-state index contributed by atoms with van der Waals surface area (Å²) in [7, 11) is 0. The molecule has 0 aliphatic rings. The van der Waals surface area contributed by atoms with Crippen molar-refractivity contribution < 1.29 is 13.6 Å². The van der Waals surface area contributed by atoms with Gasteiger partial charge in [-0.05, 0) is 25.3 Å². The van der Waals surface area contributed by atoms with Crippen LogP contribution in [-0.2, 0) is 4.79 Å². The number of ketones is 1. The molecule has 17 heavy (non-hydrogen) atoms. The van der Waals surface area contributed by atoms with Crippen molar-refractivity contribution in [1.82, 2.24) is 9.78 Å². The number of rotatable bonds is 4. The zero-order valence-electron chi connectivity index (χ0n) is 10.4. The summed E-state index contributed by atoms with van der Waals surface area (Å²) >= 11 is 0. The number of hydrogen-bond acceptors (Lipinski definition) is 2. The van der Waals surface area contributed by atoms with E-state index in [2.05, 4.69) is 5.10 Å². The van der Waals surface area contributed by atoms with Crippen molar-refractivity contribution in [1.29, 1.82) is 0 Å². The van der Waals surface area contributed by atoms with Gasteiger partial charge in [-0.3, -0.25) is 4.79 Å². The van der Waals surface area contributed by atoms with Gasteiger partial charge in [0, 0.05) is 17.3 Å². The number of alkyl halides is 2. The fraction of sp³-hybridized carbons (Fsp3) is 0.500. The lowest BCUT2D eigenvalue weighted by molar-refractivity contribution is -0.113. The Bertz CT molecular complexity index is 447. The molecule has 1 heterocycles. The molecule has 0 unspecified atom stereocenters. The van der Waals surface area contributed by atoms with Crippen LogP contribution in [0, 0.1) is 5.92 Å². The van der Waals surface area contributed by atoms with Crippen LogP contribution in [0.15, 0.2) is 18.0 Å². The van der Waals surface area contributed by atoms with E-state index in [1.165, 1.54) is 19.3 Å². The van der Waals surface area contributed by atoms with Gasteiger partial charge in [0.25, 0.3) is 0 Å². The quantitative estimate of drug-likeness (QED) is 0.759. The van der Waals surface area contributed by atoms with Crippen molar-refractivity contribution in [3.8, 4) is 0 Å². The lowest BCUT2D eigenvalue weighted by atomic mass is 9.92. The summed E-state index contributed by atoms with van der Waals surface area (Å²) in [6, 6.07) is 0. The smallest absolute Gasteiger partial charge is 0.295 e. The van der Waals surface area contributed by atoms with Gasteiger partial charge in [0.15, 0.2) is 5.78 Å². The van der Waals surface area contributed by atoms with Crippen molar-refractivity contribution in [3.05, 3.63) is 23.5 Å². The third kappa shape index (κ3) is 2.99. The van der Waals surface area contributed by atoms with E-state index in [-0.39, 0.29) is 11.7 Å². The Morgan fingerprint density at radius 2 is 1.94 bits per heavy atom. The minimum absolute atomic E-state index is 0.0395. The summed E-state index contributed by atoms with van der Waals surface area (Å²) in [5, 5.41) is 3.56. The molecular formula is C12H16F2N2O. The van der Waals surface area contributed by atoms with Crippen LogP contribution in [0.2, 0.25) is 0 Å². The second-order valence-corrected chi connectivity index (χ2v) is 4.24. The van der Waals surface area contributed by atoms with E-state index >= 15 is 0 Å². The van der Waals surface area contributed by atoms with Gasteiger partial charge in [0.1, 0.15) is 0 Å². The predicted octanol–water partition coefficient (Wildman–Crippen LogP) is 3.30. The van der Waals surface area contributed by atoms with E-state index in [1.807, 2.05) is 13.8 Å². The van der Waals surface area contributed by atoms with Gasteiger partial charge in [-0.1, -0.05) is 13.8 Å². The first-order valence-corrected chi connectivity index (χ1v) is 5.39. The van der Waals surface area contributed by atoms with Crippen LogP contribution in [0.1, 0.15) is 39.8 Å². The molecule has 0 bridgehead atoms. The zero-order valence-corrected chi connectivity index (χ0v) is 10.4. The molecule has 0 aliphatic carbocycles. The van der Waals surface area contributed by atoms with Crippen molar-refractivity contribution in [2.45, 2.75) is 34.2 Å². The molecule has 0 saturated heterocycles. The maximum absolute atomic E-state index is 12.4. The molecule has 5 heteroatoms. The molecule has 0 aliphatic heterocycles. The Kier molecular flexibility index (Phi) is 4.15. The number of Topliss-reactive ketones (excluding diaryl/α,β-unsaturated/α-hetero) is 1. The number of aromatic nitrogens is 2. The van der Waals surface area contributed by atoms with Crippen molar-refractivity contribution in [2.75, 3.05) is 0 Å². The molecule has 0 radical (unpaired) electrons. The van der Waals surface area contributed by atoms with Gasteiger partial charge in [-0.25, -0.2) is 4.68 Å². The molecule has 0 amide bonds. The monoisotopic (exact) mass is 242 g/mol. The van der Waals surface area contributed by atoms with E-state index < -0.39 is 6.55 Å². The predicted molar refractivity (Wildman–Crippen MR) is 61.6 cm³/mol. The molecule has 0 aromatic carbocycles. The molecule has 0 N–H and O–H groups in total. The molecule has 0 saturated carbocycles. The van der Waals surface area contributed by atoms with Gasteiger partial charge in [0.05, 0.1) is 6.20 Å². The molecule has 3 nitrogen and oxygen atoms in total. The zero-order chi connectivity index (χ0) is 13.2. The molecular weight excluding hydrogens is 226 g/mol. The van der Waals surface area contributed by atoms with E-state index in [4.69, 9.17) is 0 Å². The van der Waals surface area contributed by atoms with Crippen LogP contribution in [0.3, 0.4) is 0 Å². The average Bonchev–Trinajstić information content (AvgIpc) is 2.64. The van der Waals surface area contributed by atoms with Crippen molar-refractivity contribution in [3.63, 3.8) is 0 Å². The summed E-state index contributed by atoms with van der Waals surface area (Å²) in [5.74, 6) is 0.0182. The first-order chi connectivity index (χ1) is 7.84. The fourth-order valence-corrected chi connectivity index (χ4v) is 1.90. The van der Waals surface area contributed by atoms with Crippen LogP contribution >= 0.6 is 0 Å². The lowest BCUT2D eigenvalue weighted by Gasteiger charge is -2.11. The van der Waals surface area contributed by atoms with Crippen molar-refractivity contribution in [2.24, 2.45) is 5.92 Å². The standard InChI is InChI=1S/C12H16F2N2O/c1-7(2)11(9(4)17)8(3)10-5-15-16(6-10)12(13)14/h5-7,12H,1-4H3/b11-8+. The Hall–Kier alpha value is -1.52. The topological polar surface area (TPSA) is 34.9 Å². The van der Waals surface area contributed by atoms with E-state index in [0.29, 0.717) is 21.4 Å². The fourth-order valence-electron chi connectivity index (χ4n) is 1.90. The average molecular weight is 242 g/mol. The summed E-state index contributed by atoms with van der Waals surface area (Å²) in [6.07, 6.45) is 2.61. The minimum atomic E-state index is -2.66. The van der Waals surface area contributed by atoms with Crippen LogP contribution in [0.4, 0.5) is 8.78 Å². The number of carbonyl (C=O) groups is 1. The van der Waals surface area contributed by atoms with Crippen molar-refractivity contribution >= 4 is 11.4 Å². The highest BCUT2D eigenvalue weighted by atomic mass is 19.3. The van der Waals surface area contributed by atoms with E-state index in [1.54, 1.807) is 6.92 Å². The largest absolute Gasteiger partial charge is 0.333 e. The van der Waals surface area contributed by atoms with Crippen LogP contribution in [0.25, 0.3) is 5.57 Å². The third-order valence-electron chi connectivity index (χ3n) is 2.60. The Labute approximate surface area is 99.1 Å². The Morgan fingerprint density at radius 3 is 2.29 bits per heavy atom. The van der Waals surface area contributed by atoms with Gasteiger partial charge >= 0.3 is 6.55 Å². The second kappa shape index (κ2) is 5.21. The lowest BCUT2D eigenvalue weighted by Crippen LogP contribution is -2.06. The first-order valence-electron chi connectivity index (χ1n) is 5.39. The number of carbonyl (C=O) groups excluding carboxylic acids is 1. The first kappa shape index (κ1) is 13.5. The van der Waals surface area contributed by atoms with E-state index in [0.717, 1.165) is 0 Å². The normalized spacial score (nSPS) is 13.2. The number of allylic oxidation sites excluding steroid dienone is 2. The number of hydrogen-bond donors (Lipinski definition) is 0. The molecule has 0 spiro atoms. The summed E-state index contributed by atoms with van der Waals surface area (Å²) < 4.78 is 25.3. The third-order valence-corrected chi connectivity index (χ3v) is 2.60.